The molecule has 0 spiro atoms. The van der Waals surface area contributed by atoms with E-state index in [2.05, 4.69) is 23.6 Å². The molecule has 5 nitrogen and oxygen atoms in total. The van der Waals surface area contributed by atoms with E-state index in [0.29, 0.717) is 25.4 Å². The normalized spacial score (nSPS) is 16.3. The molecule has 0 aromatic heterocycles. The van der Waals surface area contributed by atoms with Gasteiger partial charge in [0.2, 0.25) is 5.91 Å². The Kier molecular flexibility index (Phi) is 7.28. The number of hydrogen-bond acceptors (Lipinski definition) is 2. The molecule has 1 saturated heterocycles. The molecule has 1 fully saturated rings. The Morgan fingerprint density at radius 3 is 2.59 bits per heavy atom. The minimum Gasteiger partial charge on any atom is -0.352 e. The standard InChI is InChI=1S/C24H31N3O2/c1-18-9-12-22(13-10-18)26-24(29)27-15-5-7-20(17-27)11-14-23(28)25-16-21-8-4-3-6-19(21)2/h3-4,6,8-10,12-13,20H,5,7,11,14-17H2,1-2H3,(H,25,28)(H,26,29)/t20-/m1/s1. The number of amides is 3. The van der Waals surface area contributed by atoms with Crippen molar-refractivity contribution in [3.05, 3.63) is 65.2 Å². The predicted octanol–water partition coefficient (Wildman–Crippen LogP) is 4.64. The molecule has 1 atom stereocenters. The summed E-state index contributed by atoms with van der Waals surface area (Å²) in [7, 11) is 0. The molecule has 0 radical (unpaired) electrons. The lowest BCUT2D eigenvalue weighted by atomic mass is 9.93. The van der Waals surface area contributed by atoms with E-state index in [0.717, 1.165) is 37.1 Å². The van der Waals surface area contributed by atoms with Gasteiger partial charge in [-0.15, -0.1) is 0 Å². The summed E-state index contributed by atoms with van der Waals surface area (Å²) in [5.74, 6) is 0.450. The maximum absolute atomic E-state index is 12.6. The maximum Gasteiger partial charge on any atom is 0.321 e. The van der Waals surface area contributed by atoms with E-state index in [1.54, 1.807) is 0 Å². The highest BCUT2D eigenvalue weighted by Crippen LogP contribution is 2.22. The SMILES string of the molecule is Cc1ccc(NC(=O)N2CCC[C@H](CCC(=O)NCc3ccccc3C)C2)cc1. The van der Waals surface area contributed by atoms with E-state index >= 15 is 0 Å². The molecule has 0 aliphatic carbocycles. The van der Waals surface area contributed by atoms with E-state index in [1.807, 2.05) is 54.3 Å². The van der Waals surface area contributed by atoms with Crippen LogP contribution in [-0.4, -0.2) is 29.9 Å². The summed E-state index contributed by atoms with van der Waals surface area (Å²) in [5, 5.41) is 5.99. The van der Waals surface area contributed by atoms with Crippen molar-refractivity contribution in [2.45, 2.75) is 46.1 Å². The van der Waals surface area contributed by atoms with Crippen molar-refractivity contribution >= 4 is 17.6 Å². The first kappa shape index (κ1) is 20.9. The van der Waals surface area contributed by atoms with E-state index in [9.17, 15) is 9.59 Å². The number of urea groups is 1. The summed E-state index contributed by atoms with van der Waals surface area (Å²) in [6.45, 7) is 6.13. The Morgan fingerprint density at radius 2 is 1.83 bits per heavy atom. The quantitative estimate of drug-likeness (QED) is 0.751. The van der Waals surface area contributed by atoms with Crippen LogP contribution in [0.15, 0.2) is 48.5 Å². The number of nitrogens with zero attached hydrogens (tertiary/aromatic N) is 1. The summed E-state index contributed by atoms with van der Waals surface area (Å²) in [5.41, 5.74) is 4.33. The molecule has 1 aliphatic rings. The number of aryl methyl sites for hydroxylation is 2. The summed E-state index contributed by atoms with van der Waals surface area (Å²) >= 11 is 0. The Hall–Kier alpha value is -2.82. The number of benzene rings is 2. The van der Waals surface area contributed by atoms with Gasteiger partial charge in [0.1, 0.15) is 0 Å². The van der Waals surface area contributed by atoms with Gasteiger partial charge in [0.25, 0.3) is 0 Å². The molecule has 2 N–H and O–H groups in total. The molecule has 0 bridgehead atoms. The second-order valence-corrected chi connectivity index (χ2v) is 7.99. The van der Waals surface area contributed by atoms with E-state index in [4.69, 9.17) is 0 Å². The lowest BCUT2D eigenvalue weighted by Gasteiger charge is -2.32. The highest BCUT2D eigenvalue weighted by Gasteiger charge is 2.24. The molecule has 2 aromatic carbocycles. The van der Waals surface area contributed by atoms with Gasteiger partial charge in [0, 0.05) is 31.7 Å². The van der Waals surface area contributed by atoms with E-state index in [-0.39, 0.29) is 11.9 Å². The Bertz CT molecular complexity index is 832. The number of nitrogens with one attached hydrogen (secondary N) is 2. The summed E-state index contributed by atoms with van der Waals surface area (Å²) in [4.78, 5) is 26.7. The molecule has 29 heavy (non-hydrogen) atoms. The first-order chi connectivity index (χ1) is 14.0. The monoisotopic (exact) mass is 393 g/mol. The Morgan fingerprint density at radius 1 is 1.07 bits per heavy atom. The second-order valence-electron chi connectivity index (χ2n) is 7.99. The number of anilines is 1. The number of rotatable bonds is 6. The van der Waals surface area contributed by atoms with Crippen LogP contribution in [0.4, 0.5) is 10.5 Å². The zero-order valence-corrected chi connectivity index (χ0v) is 17.4. The Labute approximate surface area is 173 Å². The van der Waals surface area contributed by atoms with E-state index in [1.165, 1.54) is 11.1 Å². The van der Waals surface area contributed by atoms with Crippen LogP contribution in [-0.2, 0) is 11.3 Å². The third-order valence-electron chi connectivity index (χ3n) is 5.63. The largest absolute Gasteiger partial charge is 0.352 e. The third-order valence-corrected chi connectivity index (χ3v) is 5.63. The van der Waals surface area contributed by atoms with Gasteiger partial charge in [-0.05, 0) is 62.3 Å². The first-order valence-electron chi connectivity index (χ1n) is 10.4. The van der Waals surface area contributed by atoms with Gasteiger partial charge in [-0.1, -0.05) is 42.0 Å². The molecule has 3 amide bonds. The molecule has 0 saturated carbocycles. The second kappa shape index (κ2) is 10.1. The van der Waals surface area contributed by atoms with Crippen LogP contribution < -0.4 is 10.6 Å². The summed E-state index contributed by atoms with van der Waals surface area (Å²) < 4.78 is 0. The van der Waals surface area contributed by atoms with Crippen molar-refractivity contribution in [3.63, 3.8) is 0 Å². The fourth-order valence-electron chi connectivity index (χ4n) is 3.75. The zero-order chi connectivity index (χ0) is 20.6. The fraction of sp³-hybridized carbons (Fsp3) is 0.417. The molecule has 2 aromatic rings. The topological polar surface area (TPSA) is 61.4 Å². The molecule has 1 aliphatic heterocycles. The summed E-state index contributed by atoms with van der Waals surface area (Å²) in [6.07, 6.45) is 3.37. The van der Waals surface area contributed by atoms with E-state index < -0.39 is 0 Å². The van der Waals surface area contributed by atoms with Crippen LogP contribution in [0.3, 0.4) is 0 Å². The number of carbonyl (C=O) groups is 2. The molecule has 5 heteroatoms. The smallest absolute Gasteiger partial charge is 0.321 e. The summed E-state index contributed by atoms with van der Waals surface area (Å²) in [6, 6.07) is 15.9. The number of piperidine rings is 1. The molecule has 0 unspecified atom stereocenters. The van der Waals surface area contributed by atoms with Crippen molar-refractivity contribution in [1.29, 1.82) is 0 Å². The number of carbonyl (C=O) groups excluding carboxylic acids is 2. The minimum atomic E-state index is -0.0532. The average Bonchev–Trinajstić information content (AvgIpc) is 2.73. The van der Waals surface area contributed by atoms with Crippen molar-refractivity contribution in [1.82, 2.24) is 10.2 Å². The molecule has 154 valence electrons. The van der Waals surface area contributed by atoms with Crippen LogP contribution in [0.5, 0.6) is 0 Å². The average molecular weight is 394 g/mol. The lowest BCUT2D eigenvalue weighted by Crippen LogP contribution is -2.42. The number of likely N-dealkylation sites (tertiary alicyclic amines) is 1. The predicted molar refractivity (Wildman–Crippen MR) is 117 cm³/mol. The Balaban J connectivity index is 1.42. The minimum absolute atomic E-state index is 0.0532. The van der Waals surface area contributed by atoms with Crippen LogP contribution >= 0.6 is 0 Å². The van der Waals surface area contributed by atoms with Crippen LogP contribution in [0.2, 0.25) is 0 Å². The maximum atomic E-state index is 12.6. The molecule has 3 rings (SSSR count). The fourth-order valence-corrected chi connectivity index (χ4v) is 3.75. The van der Waals surface area contributed by atoms with Gasteiger partial charge < -0.3 is 15.5 Å². The van der Waals surface area contributed by atoms with Gasteiger partial charge in [-0.25, -0.2) is 4.79 Å². The van der Waals surface area contributed by atoms with Crippen LogP contribution in [0, 0.1) is 19.8 Å². The van der Waals surface area contributed by atoms with Crippen molar-refractivity contribution in [2.24, 2.45) is 5.92 Å². The third kappa shape index (κ3) is 6.34. The molecular weight excluding hydrogens is 362 g/mol. The highest BCUT2D eigenvalue weighted by molar-refractivity contribution is 5.89. The first-order valence-corrected chi connectivity index (χ1v) is 10.4. The van der Waals surface area contributed by atoms with Crippen molar-refractivity contribution in [3.8, 4) is 0 Å². The van der Waals surface area contributed by atoms with Gasteiger partial charge in [0.15, 0.2) is 0 Å². The van der Waals surface area contributed by atoms with Gasteiger partial charge in [0.05, 0.1) is 0 Å². The van der Waals surface area contributed by atoms with Gasteiger partial charge in [-0.2, -0.15) is 0 Å². The van der Waals surface area contributed by atoms with Gasteiger partial charge >= 0.3 is 6.03 Å². The molecule has 1 heterocycles. The van der Waals surface area contributed by atoms with Crippen molar-refractivity contribution in [2.75, 3.05) is 18.4 Å². The lowest BCUT2D eigenvalue weighted by molar-refractivity contribution is -0.121. The molecular formula is C24H31N3O2. The number of hydrogen-bond donors (Lipinski definition) is 2. The van der Waals surface area contributed by atoms with Crippen LogP contribution in [0.1, 0.15) is 42.4 Å². The zero-order valence-electron chi connectivity index (χ0n) is 17.4. The highest BCUT2D eigenvalue weighted by atomic mass is 16.2. The van der Waals surface area contributed by atoms with Gasteiger partial charge in [-0.3, -0.25) is 4.79 Å². The van der Waals surface area contributed by atoms with Crippen molar-refractivity contribution < 1.29 is 9.59 Å². The van der Waals surface area contributed by atoms with Crippen LogP contribution in [0.25, 0.3) is 0 Å².